The normalized spacial score (nSPS) is 15.0. The molecule has 0 fully saturated rings. The highest BCUT2D eigenvalue weighted by Gasteiger charge is 2.14. The SMILES string of the molecule is CC(N)CO[N+](=O)OCC(C)N. The molecule has 0 saturated carbocycles. The minimum Gasteiger partial charge on any atom is -0.325 e. The maximum Gasteiger partial charge on any atom is 0.477 e. The second-order valence-electron chi connectivity index (χ2n) is 2.77. The fourth-order valence-corrected chi connectivity index (χ4v) is 0.394. The number of hydrogen-bond acceptors (Lipinski definition) is 5. The van der Waals surface area contributed by atoms with E-state index in [1.165, 1.54) is 0 Å². The first-order chi connectivity index (χ1) is 5.52. The van der Waals surface area contributed by atoms with Crippen molar-refractivity contribution in [3.63, 3.8) is 0 Å². The van der Waals surface area contributed by atoms with Gasteiger partial charge in [0.2, 0.25) is 0 Å². The lowest BCUT2D eigenvalue weighted by molar-refractivity contribution is -0.981. The molecule has 0 aliphatic carbocycles. The van der Waals surface area contributed by atoms with Crippen molar-refractivity contribution in [2.24, 2.45) is 11.5 Å². The van der Waals surface area contributed by atoms with Crippen LogP contribution < -0.4 is 11.5 Å². The Morgan fingerprint density at radius 1 is 1.17 bits per heavy atom. The van der Waals surface area contributed by atoms with Gasteiger partial charge < -0.3 is 11.5 Å². The maximum atomic E-state index is 10.6. The Hall–Kier alpha value is -0.880. The average Bonchev–Trinajstić information content (AvgIpc) is 1.96. The van der Waals surface area contributed by atoms with Crippen LogP contribution in [-0.4, -0.2) is 30.4 Å². The molecule has 0 amide bonds. The van der Waals surface area contributed by atoms with E-state index in [2.05, 4.69) is 9.68 Å². The fraction of sp³-hybridized carbons (Fsp3) is 1.00. The van der Waals surface area contributed by atoms with Crippen molar-refractivity contribution in [3.05, 3.63) is 4.91 Å². The van der Waals surface area contributed by atoms with Crippen molar-refractivity contribution >= 4 is 0 Å². The molecule has 0 heterocycles. The van der Waals surface area contributed by atoms with Crippen LogP contribution >= 0.6 is 0 Å². The summed E-state index contributed by atoms with van der Waals surface area (Å²) in [4.78, 5) is 19.7. The molecule has 0 saturated heterocycles. The second kappa shape index (κ2) is 5.73. The molecule has 0 radical (unpaired) electrons. The molecule has 0 aliphatic rings. The minimum atomic E-state index is -0.194. The summed E-state index contributed by atoms with van der Waals surface area (Å²) in [5.74, 6) is 0. The van der Waals surface area contributed by atoms with Crippen LogP contribution in [0.2, 0.25) is 0 Å². The van der Waals surface area contributed by atoms with Gasteiger partial charge in [-0.15, -0.1) is 0 Å². The monoisotopic (exact) mass is 178 g/mol. The van der Waals surface area contributed by atoms with Crippen LogP contribution in [0.4, 0.5) is 0 Å². The van der Waals surface area contributed by atoms with Gasteiger partial charge in [-0.05, 0) is 13.8 Å². The van der Waals surface area contributed by atoms with Crippen LogP contribution in [0.15, 0.2) is 0 Å². The number of rotatable bonds is 6. The Morgan fingerprint density at radius 2 is 1.50 bits per heavy atom. The highest BCUT2D eigenvalue weighted by Crippen LogP contribution is 1.85. The summed E-state index contributed by atoms with van der Waals surface area (Å²) in [5, 5.41) is 0.0344. The third-order valence-electron chi connectivity index (χ3n) is 0.886. The standard InChI is InChI=1S/C6H16N3O3/c1-5(7)3-11-9(10)12-4-6(2)8/h5-6H,3-4,7-8H2,1-2H3/q+1. The summed E-state index contributed by atoms with van der Waals surface area (Å²) < 4.78 is 0. The molecule has 6 nitrogen and oxygen atoms in total. The number of nitrogens with two attached hydrogens (primary N) is 2. The van der Waals surface area contributed by atoms with Gasteiger partial charge in [0.1, 0.15) is 4.91 Å². The molecule has 4 N–H and O–H groups in total. The van der Waals surface area contributed by atoms with Crippen molar-refractivity contribution in [2.75, 3.05) is 13.2 Å². The van der Waals surface area contributed by atoms with Crippen molar-refractivity contribution in [1.82, 2.24) is 0 Å². The van der Waals surface area contributed by atoms with Crippen molar-refractivity contribution in [1.29, 1.82) is 0 Å². The highest BCUT2D eigenvalue weighted by atomic mass is 17.0. The average molecular weight is 178 g/mol. The Labute approximate surface area is 71.3 Å². The van der Waals surface area contributed by atoms with E-state index in [9.17, 15) is 4.91 Å². The number of nitrogens with zero attached hydrogens (tertiary/aromatic N) is 1. The summed E-state index contributed by atoms with van der Waals surface area (Å²) in [6, 6.07) is -0.388. The first kappa shape index (κ1) is 11.1. The van der Waals surface area contributed by atoms with E-state index in [0.29, 0.717) is 0 Å². The van der Waals surface area contributed by atoms with Crippen molar-refractivity contribution in [2.45, 2.75) is 25.9 Å². The molecule has 72 valence electrons. The third kappa shape index (κ3) is 7.23. The fourth-order valence-electron chi connectivity index (χ4n) is 0.394. The lowest BCUT2D eigenvalue weighted by Gasteiger charge is -1.99. The van der Waals surface area contributed by atoms with Crippen LogP contribution in [0.1, 0.15) is 13.8 Å². The molecule has 0 aromatic rings. The maximum absolute atomic E-state index is 10.6. The molecule has 12 heavy (non-hydrogen) atoms. The highest BCUT2D eigenvalue weighted by molar-refractivity contribution is 4.45. The Bertz CT molecular complexity index is 124. The molecule has 2 atom stereocenters. The molecule has 2 unspecified atom stereocenters. The van der Waals surface area contributed by atoms with Crippen LogP contribution in [0, 0.1) is 4.91 Å². The summed E-state index contributed by atoms with van der Waals surface area (Å²) in [5.41, 5.74) is 10.7. The van der Waals surface area contributed by atoms with Gasteiger partial charge in [0.15, 0.2) is 13.2 Å². The largest absolute Gasteiger partial charge is 0.477 e. The molecule has 0 rings (SSSR count). The Morgan fingerprint density at radius 3 is 1.75 bits per heavy atom. The molecule has 6 heteroatoms. The van der Waals surface area contributed by atoms with Crippen LogP contribution in [-0.2, 0) is 9.68 Å². The quantitative estimate of drug-likeness (QED) is 0.526. The van der Waals surface area contributed by atoms with E-state index in [4.69, 9.17) is 11.5 Å². The van der Waals surface area contributed by atoms with Gasteiger partial charge in [-0.25, -0.2) is 0 Å². The van der Waals surface area contributed by atoms with E-state index < -0.39 is 0 Å². The predicted octanol–water partition coefficient (Wildman–Crippen LogP) is -0.677. The van der Waals surface area contributed by atoms with E-state index in [-0.39, 0.29) is 30.4 Å². The summed E-state index contributed by atoms with van der Waals surface area (Å²) in [6.45, 7) is 3.70. The molecule has 0 aliphatic heterocycles. The van der Waals surface area contributed by atoms with Gasteiger partial charge in [0.25, 0.3) is 0 Å². The predicted molar refractivity (Wildman–Crippen MR) is 42.8 cm³/mol. The first-order valence-electron chi connectivity index (χ1n) is 3.76. The smallest absolute Gasteiger partial charge is 0.325 e. The van der Waals surface area contributed by atoms with Crippen molar-refractivity contribution < 1.29 is 14.8 Å². The summed E-state index contributed by atoms with van der Waals surface area (Å²) in [7, 11) is 0. The Kier molecular flexibility index (Phi) is 5.31. The second-order valence-corrected chi connectivity index (χ2v) is 2.77. The lowest BCUT2D eigenvalue weighted by Crippen LogP contribution is -2.28. The van der Waals surface area contributed by atoms with Crippen LogP contribution in [0.5, 0.6) is 0 Å². The summed E-state index contributed by atoms with van der Waals surface area (Å²) in [6.07, 6.45) is 0. The van der Waals surface area contributed by atoms with Gasteiger partial charge in [0, 0.05) is 12.1 Å². The molecule has 0 aromatic carbocycles. The lowest BCUT2D eigenvalue weighted by atomic mass is 10.4. The van der Waals surface area contributed by atoms with E-state index >= 15 is 0 Å². The molecule has 0 aromatic heterocycles. The van der Waals surface area contributed by atoms with Gasteiger partial charge in [-0.2, -0.15) is 9.68 Å². The van der Waals surface area contributed by atoms with E-state index in [1.54, 1.807) is 13.8 Å². The van der Waals surface area contributed by atoms with Crippen LogP contribution in [0.25, 0.3) is 0 Å². The van der Waals surface area contributed by atoms with Gasteiger partial charge in [0.05, 0.1) is 0 Å². The zero-order chi connectivity index (χ0) is 9.56. The van der Waals surface area contributed by atoms with Gasteiger partial charge >= 0.3 is 5.09 Å². The molecular weight excluding hydrogens is 162 g/mol. The molecular formula is C6H16N3O3+. The Balaban J connectivity index is 3.34. The molecule has 0 spiro atoms. The molecule has 0 bridgehead atoms. The summed E-state index contributed by atoms with van der Waals surface area (Å²) >= 11 is 0. The van der Waals surface area contributed by atoms with E-state index in [0.717, 1.165) is 0 Å². The van der Waals surface area contributed by atoms with Crippen LogP contribution in [0.3, 0.4) is 0 Å². The minimum absolute atomic E-state index is 0.0344. The topological polar surface area (TPSA) is 90.6 Å². The van der Waals surface area contributed by atoms with Crippen molar-refractivity contribution in [3.8, 4) is 0 Å². The zero-order valence-electron chi connectivity index (χ0n) is 7.40. The first-order valence-corrected chi connectivity index (χ1v) is 3.76. The van der Waals surface area contributed by atoms with E-state index in [1.807, 2.05) is 0 Å². The zero-order valence-corrected chi connectivity index (χ0v) is 7.40. The third-order valence-corrected chi connectivity index (χ3v) is 0.886. The number of hydrogen-bond donors (Lipinski definition) is 2. The van der Waals surface area contributed by atoms with Gasteiger partial charge in [-0.3, -0.25) is 0 Å². The van der Waals surface area contributed by atoms with Gasteiger partial charge in [-0.1, -0.05) is 0 Å².